The molecule has 0 spiro atoms. The molecule has 0 aliphatic heterocycles. The first-order valence-electron chi connectivity index (χ1n) is 10.5. The van der Waals surface area contributed by atoms with E-state index < -0.39 is 16.1 Å². The van der Waals surface area contributed by atoms with E-state index in [0.717, 1.165) is 32.1 Å². The van der Waals surface area contributed by atoms with E-state index in [1.165, 1.54) is 62.8 Å². The fourth-order valence-electron chi connectivity index (χ4n) is 2.78. The fraction of sp³-hybridized carbons (Fsp3) is 0.636. The van der Waals surface area contributed by atoms with Gasteiger partial charge in [-0.25, -0.2) is 8.42 Å². The van der Waals surface area contributed by atoms with Crippen molar-refractivity contribution in [1.29, 1.82) is 0 Å². The summed E-state index contributed by atoms with van der Waals surface area (Å²) in [6.45, 7) is 2.22. The molecule has 7 heteroatoms. The SMILES string of the molecule is CCCCCCCCCC(=O)CCCCCC(=O)[OH2+].O=S(=O)([O-])c1ccccc1. The highest BCUT2D eigenvalue weighted by Gasteiger charge is 2.06. The summed E-state index contributed by atoms with van der Waals surface area (Å²) in [6, 6.07) is 7.19. The van der Waals surface area contributed by atoms with Crippen molar-refractivity contribution in [2.75, 3.05) is 0 Å². The van der Waals surface area contributed by atoms with Crippen LogP contribution in [0.15, 0.2) is 35.2 Å². The number of carbonyl (C=O) groups is 2. The Balaban J connectivity index is 0.000000651. The van der Waals surface area contributed by atoms with Gasteiger partial charge in [0.25, 0.3) is 0 Å². The van der Waals surface area contributed by atoms with Gasteiger partial charge in [0.2, 0.25) is 0 Å². The topological polar surface area (TPSA) is 114 Å². The minimum atomic E-state index is -4.25. The molecule has 2 N–H and O–H groups in total. The zero-order valence-electron chi connectivity index (χ0n) is 17.5. The first-order chi connectivity index (χ1) is 13.8. The predicted octanol–water partition coefficient (Wildman–Crippen LogP) is 4.49. The van der Waals surface area contributed by atoms with E-state index >= 15 is 0 Å². The minimum absolute atomic E-state index is 0.185. The highest BCUT2D eigenvalue weighted by atomic mass is 32.2. The molecule has 1 aromatic rings. The first kappa shape index (κ1) is 27.3. The van der Waals surface area contributed by atoms with Gasteiger partial charge in [-0.2, -0.15) is 0 Å². The molecule has 0 saturated heterocycles. The standard InChI is InChI=1S/C16H30O3.C6H6O3S/c1-2-3-4-5-6-7-9-12-15(17)13-10-8-11-14-16(18)19;7-10(8,9)6-4-2-1-3-5-6/h2-14H2,1H3,(H,18,19);1-5H,(H,7,8,9). The van der Waals surface area contributed by atoms with Crippen LogP contribution in [0.25, 0.3) is 0 Å². The van der Waals surface area contributed by atoms with E-state index in [4.69, 9.17) is 5.11 Å². The van der Waals surface area contributed by atoms with Gasteiger partial charge in [0.05, 0.1) is 4.90 Å². The molecule has 0 unspecified atom stereocenters. The van der Waals surface area contributed by atoms with Gasteiger partial charge in [0, 0.05) is 17.6 Å². The normalized spacial score (nSPS) is 10.8. The van der Waals surface area contributed by atoms with Gasteiger partial charge >= 0.3 is 5.97 Å². The number of rotatable bonds is 15. The Labute approximate surface area is 175 Å². The second-order valence-electron chi connectivity index (χ2n) is 7.16. The Kier molecular flexibility index (Phi) is 16.1. The summed E-state index contributed by atoms with van der Waals surface area (Å²) in [5, 5.41) is 6.76. The van der Waals surface area contributed by atoms with Crippen molar-refractivity contribution < 1.29 is 27.7 Å². The van der Waals surface area contributed by atoms with Crippen molar-refractivity contribution in [2.45, 2.75) is 95.3 Å². The average Bonchev–Trinajstić information content (AvgIpc) is 2.67. The molecule has 0 bridgehead atoms. The Morgan fingerprint density at radius 1 is 0.793 bits per heavy atom. The number of Topliss-reactive ketones (excluding diaryl/α,β-unsaturated/α-hetero) is 1. The highest BCUT2D eigenvalue weighted by molar-refractivity contribution is 7.85. The van der Waals surface area contributed by atoms with E-state index in [9.17, 15) is 22.6 Å². The van der Waals surface area contributed by atoms with Crippen LogP contribution in [0.4, 0.5) is 0 Å². The quantitative estimate of drug-likeness (QED) is 0.232. The maximum Gasteiger partial charge on any atom is 0.515 e. The second-order valence-corrected chi connectivity index (χ2v) is 8.54. The number of benzene rings is 1. The molecule has 29 heavy (non-hydrogen) atoms. The zero-order chi connectivity index (χ0) is 22.0. The van der Waals surface area contributed by atoms with Gasteiger partial charge < -0.3 is 9.66 Å². The molecule has 166 valence electrons. The minimum Gasteiger partial charge on any atom is -0.744 e. The molecule has 0 aliphatic rings. The van der Waals surface area contributed by atoms with Crippen LogP contribution < -0.4 is 0 Å². The molecule has 1 aromatic carbocycles. The molecular formula is C22H36O6S. The molecule has 0 saturated carbocycles. The molecule has 0 atom stereocenters. The van der Waals surface area contributed by atoms with Crippen molar-refractivity contribution in [1.82, 2.24) is 0 Å². The first-order valence-corrected chi connectivity index (χ1v) is 11.9. The van der Waals surface area contributed by atoms with Gasteiger partial charge in [-0.3, -0.25) is 4.79 Å². The molecular weight excluding hydrogens is 392 g/mol. The largest absolute Gasteiger partial charge is 0.744 e. The lowest BCUT2D eigenvalue weighted by molar-refractivity contribution is -0.137. The Morgan fingerprint density at radius 2 is 1.24 bits per heavy atom. The molecule has 0 aromatic heterocycles. The summed E-state index contributed by atoms with van der Waals surface area (Å²) >= 11 is 0. The van der Waals surface area contributed by atoms with E-state index in [2.05, 4.69) is 6.92 Å². The molecule has 6 nitrogen and oxygen atoms in total. The fourth-order valence-corrected chi connectivity index (χ4v) is 3.27. The molecule has 1 rings (SSSR count). The van der Waals surface area contributed by atoms with Crippen molar-refractivity contribution in [2.24, 2.45) is 0 Å². The summed E-state index contributed by atoms with van der Waals surface area (Å²) in [7, 11) is -4.25. The van der Waals surface area contributed by atoms with Crippen molar-refractivity contribution in [3.8, 4) is 0 Å². The summed E-state index contributed by atoms with van der Waals surface area (Å²) < 4.78 is 30.8. The van der Waals surface area contributed by atoms with Gasteiger partial charge in [-0.1, -0.05) is 70.1 Å². The maximum absolute atomic E-state index is 11.6. The second kappa shape index (κ2) is 17.2. The summed E-state index contributed by atoms with van der Waals surface area (Å²) in [5.41, 5.74) is 0. The van der Waals surface area contributed by atoms with Crippen molar-refractivity contribution in [3.05, 3.63) is 30.3 Å². The number of carbonyl (C=O) groups excluding carboxylic acids is 2. The summed E-state index contributed by atoms with van der Waals surface area (Å²) in [4.78, 5) is 21.8. The lowest BCUT2D eigenvalue weighted by Gasteiger charge is -2.04. The van der Waals surface area contributed by atoms with Gasteiger partial charge in [-0.15, -0.1) is 0 Å². The summed E-state index contributed by atoms with van der Waals surface area (Å²) in [6.07, 6.45) is 13.0. The average molecular weight is 429 g/mol. The Bertz CT molecular complexity index is 655. The molecule has 0 heterocycles. The van der Waals surface area contributed by atoms with Crippen LogP contribution in [0.5, 0.6) is 0 Å². The number of unbranched alkanes of at least 4 members (excludes halogenated alkanes) is 8. The lowest BCUT2D eigenvalue weighted by atomic mass is 10.0. The number of hydrogen-bond donors (Lipinski definition) is 0. The number of hydrogen-bond acceptors (Lipinski definition) is 5. The number of ketones is 1. The molecule has 0 aliphatic carbocycles. The van der Waals surface area contributed by atoms with Crippen LogP contribution in [0.2, 0.25) is 0 Å². The third-order valence-electron chi connectivity index (χ3n) is 4.45. The van der Waals surface area contributed by atoms with E-state index in [1.54, 1.807) is 6.07 Å². The summed E-state index contributed by atoms with van der Waals surface area (Å²) in [5.74, 6) is -0.125. The third kappa shape index (κ3) is 18.1. The van der Waals surface area contributed by atoms with Gasteiger partial charge in [0.15, 0.2) is 0 Å². The van der Waals surface area contributed by atoms with Gasteiger partial charge in [0.1, 0.15) is 22.3 Å². The van der Waals surface area contributed by atoms with Crippen molar-refractivity contribution >= 4 is 21.9 Å². The van der Waals surface area contributed by atoms with Crippen LogP contribution in [-0.2, 0) is 19.7 Å². The molecule has 0 radical (unpaired) electrons. The smallest absolute Gasteiger partial charge is 0.515 e. The van der Waals surface area contributed by atoms with Crippen LogP contribution in [0.3, 0.4) is 0 Å². The van der Waals surface area contributed by atoms with Crippen LogP contribution in [0.1, 0.15) is 90.4 Å². The molecule has 0 amide bonds. The third-order valence-corrected chi connectivity index (χ3v) is 5.30. The monoisotopic (exact) mass is 428 g/mol. The van der Waals surface area contributed by atoms with Gasteiger partial charge in [-0.05, 0) is 31.4 Å². The highest BCUT2D eigenvalue weighted by Crippen LogP contribution is 2.11. The van der Waals surface area contributed by atoms with Crippen molar-refractivity contribution in [3.63, 3.8) is 0 Å². The predicted molar refractivity (Wildman–Crippen MR) is 114 cm³/mol. The maximum atomic E-state index is 11.6. The Hall–Kier alpha value is -1.73. The Morgan fingerprint density at radius 3 is 1.69 bits per heavy atom. The van der Waals surface area contributed by atoms with Crippen LogP contribution >= 0.6 is 0 Å². The zero-order valence-corrected chi connectivity index (χ0v) is 18.3. The lowest BCUT2D eigenvalue weighted by Crippen LogP contribution is -1.98. The van der Waals surface area contributed by atoms with E-state index in [0.29, 0.717) is 18.6 Å². The van der Waals surface area contributed by atoms with Crippen LogP contribution in [-0.4, -0.2) is 29.8 Å². The van der Waals surface area contributed by atoms with Crippen LogP contribution in [0, 0.1) is 0 Å². The molecule has 0 fully saturated rings. The van der Waals surface area contributed by atoms with E-state index in [-0.39, 0.29) is 4.90 Å². The van der Waals surface area contributed by atoms with E-state index in [1.807, 2.05) is 0 Å².